The van der Waals surface area contributed by atoms with Crippen molar-refractivity contribution in [2.45, 2.75) is 13.8 Å². The van der Waals surface area contributed by atoms with Crippen molar-refractivity contribution >= 4 is 16.6 Å². The number of hydrogen-bond donors (Lipinski definition) is 0. The number of nitro groups is 1. The molecule has 0 aliphatic carbocycles. The number of aromatic nitrogens is 1. The van der Waals surface area contributed by atoms with Crippen LogP contribution in [0.1, 0.15) is 13.8 Å². The van der Waals surface area contributed by atoms with Crippen molar-refractivity contribution in [2.75, 3.05) is 20.3 Å². The van der Waals surface area contributed by atoms with Gasteiger partial charge in [0.15, 0.2) is 0 Å². The van der Waals surface area contributed by atoms with Crippen LogP contribution in [-0.2, 0) is 4.74 Å². The molecule has 2 aromatic rings. The predicted molar refractivity (Wildman–Crippen MR) is 77.1 cm³/mol. The molecule has 0 radical (unpaired) electrons. The van der Waals surface area contributed by atoms with E-state index in [1.165, 1.54) is 12.3 Å². The van der Waals surface area contributed by atoms with E-state index in [-0.39, 0.29) is 5.69 Å². The largest absolute Gasteiger partial charge is 0.491 e. The summed E-state index contributed by atoms with van der Waals surface area (Å²) in [5, 5.41) is 11.7. The zero-order valence-electron chi connectivity index (χ0n) is 11.8. The lowest BCUT2D eigenvalue weighted by molar-refractivity contribution is -0.383. The smallest absolute Gasteiger partial charge is 0.299 e. The van der Waals surface area contributed by atoms with Crippen LogP contribution in [0.4, 0.5) is 5.69 Å². The van der Waals surface area contributed by atoms with Crippen LogP contribution in [0.25, 0.3) is 10.9 Å². The molecular weight excluding hydrogens is 260 g/mol. The second kappa shape index (κ2) is 8.06. The van der Waals surface area contributed by atoms with Crippen molar-refractivity contribution in [1.29, 1.82) is 0 Å². The SMILES string of the molecule is CC.COCCOc1cc([N+](=O)[O-])c2ncccc2c1. The lowest BCUT2D eigenvalue weighted by Crippen LogP contribution is -2.04. The molecule has 0 aliphatic rings. The highest BCUT2D eigenvalue weighted by Gasteiger charge is 2.15. The Morgan fingerprint density at radius 2 is 2.05 bits per heavy atom. The fraction of sp³-hybridized carbons (Fsp3) is 0.357. The molecule has 0 N–H and O–H groups in total. The molecule has 0 aliphatic heterocycles. The van der Waals surface area contributed by atoms with Crippen LogP contribution in [0.15, 0.2) is 30.5 Å². The summed E-state index contributed by atoms with van der Waals surface area (Å²) in [6.45, 7) is 4.78. The van der Waals surface area contributed by atoms with Gasteiger partial charge in [-0.3, -0.25) is 10.1 Å². The van der Waals surface area contributed by atoms with E-state index >= 15 is 0 Å². The van der Waals surface area contributed by atoms with Crippen LogP contribution in [0.2, 0.25) is 0 Å². The van der Waals surface area contributed by atoms with Crippen molar-refractivity contribution in [3.8, 4) is 5.75 Å². The van der Waals surface area contributed by atoms with E-state index in [1.54, 1.807) is 25.3 Å². The quantitative estimate of drug-likeness (QED) is 0.477. The Balaban J connectivity index is 0.000000956. The summed E-state index contributed by atoms with van der Waals surface area (Å²) in [5.74, 6) is 0.444. The van der Waals surface area contributed by atoms with Gasteiger partial charge in [0.1, 0.15) is 17.9 Å². The monoisotopic (exact) mass is 278 g/mol. The van der Waals surface area contributed by atoms with Gasteiger partial charge in [-0.25, -0.2) is 4.98 Å². The van der Waals surface area contributed by atoms with E-state index in [1.807, 2.05) is 13.8 Å². The molecule has 0 atom stereocenters. The molecule has 0 amide bonds. The highest BCUT2D eigenvalue weighted by Crippen LogP contribution is 2.29. The fourth-order valence-corrected chi connectivity index (χ4v) is 1.61. The molecule has 6 heteroatoms. The number of ether oxygens (including phenoxy) is 2. The standard InChI is InChI=1S/C12H12N2O4.C2H6/c1-17-5-6-18-10-7-9-3-2-4-13-12(9)11(8-10)14(15)16;1-2/h2-4,7-8H,5-6H2,1H3;1-2H3. The van der Waals surface area contributed by atoms with Gasteiger partial charge in [-0.15, -0.1) is 0 Å². The Kier molecular flexibility index (Phi) is 6.39. The van der Waals surface area contributed by atoms with E-state index in [0.717, 1.165) is 0 Å². The van der Waals surface area contributed by atoms with Gasteiger partial charge >= 0.3 is 0 Å². The molecule has 0 spiro atoms. The summed E-state index contributed by atoms with van der Waals surface area (Å²) in [6.07, 6.45) is 1.53. The molecule has 108 valence electrons. The lowest BCUT2D eigenvalue weighted by atomic mass is 10.2. The Hall–Kier alpha value is -2.21. The molecule has 0 fully saturated rings. The Morgan fingerprint density at radius 3 is 2.70 bits per heavy atom. The molecule has 20 heavy (non-hydrogen) atoms. The minimum atomic E-state index is -0.460. The minimum Gasteiger partial charge on any atom is -0.491 e. The summed E-state index contributed by atoms with van der Waals surface area (Å²) in [5.41, 5.74) is 0.308. The van der Waals surface area contributed by atoms with Gasteiger partial charge in [-0.2, -0.15) is 0 Å². The maximum absolute atomic E-state index is 11.0. The van der Waals surface area contributed by atoms with E-state index in [4.69, 9.17) is 9.47 Å². The zero-order valence-corrected chi connectivity index (χ0v) is 11.8. The topological polar surface area (TPSA) is 74.5 Å². The van der Waals surface area contributed by atoms with E-state index in [0.29, 0.717) is 29.9 Å². The van der Waals surface area contributed by atoms with Crippen molar-refractivity contribution in [1.82, 2.24) is 4.98 Å². The van der Waals surface area contributed by atoms with E-state index in [9.17, 15) is 10.1 Å². The number of methoxy groups -OCH3 is 1. The van der Waals surface area contributed by atoms with Gasteiger partial charge in [-0.05, 0) is 12.1 Å². The summed E-state index contributed by atoms with van der Waals surface area (Å²) in [4.78, 5) is 14.5. The number of nitro benzene ring substituents is 1. The third kappa shape index (κ3) is 3.89. The molecule has 2 rings (SSSR count). The summed E-state index contributed by atoms with van der Waals surface area (Å²) >= 11 is 0. The van der Waals surface area contributed by atoms with Gasteiger partial charge in [0.2, 0.25) is 0 Å². The van der Waals surface area contributed by atoms with Crippen LogP contribution in [-0.4, -0.2) is 30.2 Å². The van der Waals surface area contributed by atoms with Crippen LogP contribution in [0.5, 0.6) is 5.75 Å². The third-order valence-electron chi connectivity index (χ3n) is 2.41. The number of rotatable bonds is 5. The molecule has 0 saturated heterocycles. The highest BCUT2D eigenvalue weighted by molar-refractivity contribution is 5.88. The molecule has 6 nitrogen and oxygen atoms in total. The molecule has 1 aromatic carbocycles. The van der Waals surface area contributed by atoms with Crippen LogP contribution in [0.3, 0.4) is 0 Å². The van der Waals surface area contributed by atoms with Crippen LogP contribution in [0, 0.1) is 10.1 Å². The first-order chi connectivity index (χ1) is 9.72. The number of benzene rings is 1. The number of pyridine rings is 1. The van der Waals surface area contributed by atoms with Crippen LogP contribution < -0.4 is 4.74 Å². The second-order valence-electron chi connectivity index (χ2n) is 3.62. The maximum atomic E-state index is 11.0. The second-order valence-corrected chi connectivity index (χ2v) is 3.62. The lowest BCUT2D eigenvalue weighted by Gasteiger charge is -2.06. The minimum absolute atomic E-state index is 0.0551. The van der Waals surface area contributed by atoms with Crippen LogP contribution >= 0.6 is 0 Å². The first-order valence-electron chi connectivity index (χ1n) is 6.37. The van der Waals surface area contributed by atoms with Gasteiger partial charge in [0.25, 0.3) is 5.69 Å². The Labute approximate surface area is 117 Å². The van der Waals surface area contributed by atoms with Crippen molar-refractivity contribution < 1.29 is 14.4 Å². The molecule has 1 aromatic heterocycles. The van der Waals surface area contributed by atoms with Crippen molar-refractivity contribution in [2.24, 2.45) is 0 Å². The van der Waals surface area contributed by atoms with Gasteiger partial charge < -0.3 is 9.47 Å². The van der Waals surface area contributed by atoms with E-state index in [2.05, 4.69) is 4.98 Å². The summed E-state index contributed by atoms with van der Waals surface area (Å²) < 4.78 is 10.2. The number of fused-ring (bicyclic) bond motifs is 1. The first-order valence-corrected chi connectivity index (χ1v) is 6.37. The van der Waals surface area contributed by atoms with Gasteiger partial charge in [0.05, 0.1) is 17.6 Å². The Morgan fingerprint density at radius 1 is 1.30 bits per heavy atom. The molecule has 1 heterocycles. The van der Waals surface area contributed by atoms with Gasteiger partial charge in [-0.1, -0.05) is 19.9 Å². The summed E-state index contributed by atoms with van der Waals surface area (Å²) in [6, 6.07) is 6.60. The van der Waals surface area contributed by atoms with Crippen molar-refractivity contribution in [3.05, 3.63) is 40.6 Å². The average Bonchev–Trinajstić information content (AvgIpc) is 2.48. The zero-order chi connectivity index (χ0) is 15.0. The maximum Gasteiger partial charge on any atom is 0.299 e. The normalized spacial score (nSPS) is 9.75. The third-order valence-corrected chi connectivity index (χ3v) is 2.41. The number of hydrogen-bond acceptors (Lipinski definition) is 5. The number of non-ortho nitro benzene ring substituents is 1. The summed E-state index contributed by atoms with van der Waals surface area (Å²) in [7, 11) is 1.57. The molecule has 0 saturated carbocycles. The predicted octanol–water partition coefficient (Wildman–Crippen LogP) is 3.19. The molecule has 0 unspecified atom stereocenters. The molecular formula is C14H18N2O4. The highest BCUT2D eigenvalue weighted by atomic mass is 16.6. The number of nitrogens with zero attached hydrogens (tertiary/aromatic N) is 2. The first kappa shape index (κ1) is 15.8. The fourth-order valence-electron chi connectivity index (χ4n) is 1.61. The van der Waals surface area contributed by atoms with E-state index < -0.39 is 4.92 Å². The van der Waals surface area contributed by atoms with Gasteiger partial charge in [0, 0.05) is 18.7 Å². The van der Waals surface area contributed by atoms with Crippen molar-refractivity contribution in [3.63, 3.8) is 0 Å². The average molecular weight is 278 g/mol. The Bertz CT molecular complexity index is 572. The molecule has 0 bridgehead atoms.